The molecule has 1 radical (unpaired) electrons. The van der Waals surface area contributed by atoms with Crippen LogP contribution in [0.4, 0.5) is 5.82 Å². The minimum atomic E-state index is -3.22. The second-order valence-corrected chi connectivity index (χ2v) is 29.7. The van der Waals surface area contributed by atoms with Crippen LogP contribution in [0.3, 0.4) is 0 Å². The van der Waals surface area contributed by atoms with Gasteiger partial charge in [-0.15, -0.1) is 0 Å². The Balaban J connectivity index is 0.000000292. The first-order valence-electron chi connectivity index (χ1n) is 28.8. The average molecular weight is 1630 g/mol. The fourth-order valence-electron chi connectivity index (χ4n) is 9.60. The average Bonchev–Trinajstić information content (AvgIpc) is 1.66. The number of amides is 1. The predicted octanol–water partition coefficient (Wildman–Crippen LogP) is 12.0. The molecule has 5 aliphatic rings. The topological polar surface area (TPSA) is 399 Å². The molecule has 5 saturated heterocycles. The van der Waals surface area contributed by atoms with Gasteiger partial charge in [0.25, 0.3) is 0 Å². The Hall–Kier alpha value is -4.22. The summed E-state index contributed by atoms with van der Waals surface area (Å²) >= 11 is 47.5. The van der Waals surface area contributed by atoms with Gasteiger partial charge in [-0.3, -0.25) is 32.5 Å². The maximum absolute atomic E-state index is 11.8. The van der Waals surface area contributed by atoms with Crippen LogP contribution in [0.15, 0.2) is 81.7 Å². The van der Waals surface area contributed by atoms with E-state index in [1.807, 2.05) is 31.8 Å². The molecule has 8 aromatic heterocycles. The summed E-state index contributed by atoms with van der Waals surface area (Å²) in [5, 5.41) is 1.31. The first-order valence-corrected chi connectivity index (χ1v) is 36.7. The Morgan fingerprint density at radius 1 is 0.600 bits per heavy atom. The molecule has 0 saturated carbocycles. The Morgan fingerprint density at radius 2 is 0.979 bits per heavy atom. The van der Waals surface area contributed by atoms with Crippen LogP contribution in [0, 0.1) is 5.92 Å². The summed E-state index contributed by atoms with van der Waals surface area (Å²) < 4.78 is 46.2. The number of halogens is 9. The van der Waals surface area contributed by atoms with Crippen molar-refractivity contribution in [3.63, 3.8) is 0 Å². The van der Waals surface area contributed by atoms with Gasteiger partial charge in [0.2, 0.25) is 5.91 Å². The predicted molar refractivity (Wildman–Crippen MR) is 375 cm³/mol. The van der Waals surface area contributed by atoms with Gasteiger partial charge in [-0.2, -0.15) is 9.59 Å². The molecule has 0 bridgehead atoms. The van der Waals surface area contributed by atoms with Gasteiger partial charge in [-0.25, -0.2) is 39.9 Å². The van der Waals surface area contributed by atoms with Crippen LogP contribution in [0.25, 0.3) is 16.6 Å². The molecule has 519 valence electrons. The van der Waals surface area contributed by atoms with E-state index < -0.39 is 5.20 Å². The molecule has 8 aromatic rings. The van der Waals surface area contributed by atoms with Crippen LogP contribution in [0.2, 0.25) is 20.6 Å². The van der Waals surface area contributed by atoms with Crippen LogP contribution in [0.5, 0.6) is 0 Å². The molecule has 1 amide bonds. The third kappa shape index (κ3) is 29.3. The molecule has 0 aromatic carbocycles. The zero-order chi connectivity index (χ0) is 67.5. The number of hydrogen-bond donors (Lipinski definition) is 5. The third-order valence-corrected chi connectivity index (χ3v) is 16.3. The number of nitrogens with zero attached hydrogens (tertiary/aromatic N) is 14. The number of imidazole rings is 3. The summed E-state index contributed by atoms with van der Waals surface area (Å²) in [5.41, 5.74) is 14.9. The minimum absolute atomic E-state index is 0. The zero-order valence-corrected chi connectivity index (χ0v) is 61.3. The van der Waals surface area contributed by atoms with Crippen molar-refractivity contribution in [3.05, 3.63) is 127 Å². The summed E-state index contributed by atoms with van der Waals surface area (Å²) in [6, 6.07) is 0. The number of thiol groups is 1. The van der Waals surface area contributed by atoms with Gasteiger partial charge in [0, 0.05) is 158 Å². The fourth-order valence-corrected chi connectivity index (χ4v) is 11.6. The quantitative estimate of drug-likeness (QED) is 0.0562. The number of nitrogens with one attached hydrogen (secondary N) is 1. The van der Waals surface area contributed by atoms with Crippen LogP contribution in [0.1, 0.15) is 117 Å². The van der Waals surface area contributed by atoms with E-state index in [9.17, 15) is 9.36 Å². The molecule has 28 nitrogen and oxygen atoms in total. The van der Waals surface area contributed by atoms with Crippen molar-refractivity contribution in [3.8, 4) is 0 Å². The molecule has 0 atom stereocenters. The molecule has 40 heteroatoms. The summed E-state index contributed by atoms with van der Waals surface area (Å²) in [6.45, 7) is 8.82. The second kappa shape index (κ2) is 46.9. The monoisotopic (exact) mass is 1620 g/mol. The van der Waals surface area contributed by atoms with Crippen molar-refractivity contribution >= 4 is 172 Å². The van der Waals surface area contributed by atoms with Gasteiger partial charge in [0.15, 0.2) is 26.4 Å². The van der Waals surface area contributed by atoms with Crippen molar-refractivity contribution < 1.29 is 48.1 Å². The first-order chi connectivity index (χ1) is 44.8. The van der Waals surface area contributed by atoms with Crippen molar-refractivity contribution in [1.29, 1.82) is 0 Å². The SMILES string of the molecule is C1CCOCC1.Clc1nccn2c(C3CCOCC3)nc(Br)c12.Clc1nccn2c(C3CCOCC3)ncc12.N.NCc1nccnc1Cl.Nc1nccn2c(C3CCOCC3)nc(Br)c12.O.O=C(NCc1nccnc1Cl)C1CCOCC1.O=C=O.O=P(Cl)(Cl)Cl.[B]=NS. The molecule has 0 aliphatic carbocycles. The molecule has 0 unspecified atom stereocenters. The number of carbonyl (C=O) groups is 1. The number of ether oxygens (including phenoxy) is 5. The van der Waals surface area contributed by atoms with Crippen LogP contribution >= 0.6 is 130 Å². The standard InChI is InChI=1S/C11H11BrClN3O.C11H13BrN4O.C11H14ClN3O2.C11H12ClN3O.C5H6ClN3.C5H10O.CO2.BHNS.Cl3OP.H3N.H2O/c2*12-9-8-10(13)14-3-4-16(8)11(15-9)7-1-5-17-6-2-7;12-10-9(13-3-4-14-10)7-15-11(16)8-1-5-17-6-2-8;12-10-9-7-14-11(15(9)4-3-13-10)8-1-5-16-6-2-8;6-5-4(3-7)8-1-2-9-5;1-2-4-6-5-3-1;2-1-3;1-2-3;1-5(2,3)4;;/h3-4,7H,1-2,5-6H2;3-4,7H,1-2,5-6H2,(H2,13,14);3-4,8H,1-2,5-7H2,(H,15,16);3-4,7-8H,1-2,5-6H2;1-2H,3,7H2;1-5H2;;3H;;1H3;1H2. The first kappa shape index (κ1) is 85.0. The number of rotatable bonds is 7. The van der Waals surface area contributed by atoms with E-state index in [0.29, 0.717) is 81.9 Å². The van der Waals surface area contributed by atoms with Crippen LogP contribution < -0.4 is 22.9 Å². The molecular formula is C55H72BBr2Cl7N18O10PS. The number of fused-ring (bicyclic) bond motifs is 3. The van der Waals surface area contributed by atoms with E-state index in [-0.39, 0.29) is 29.6 Å². The van der Waals surface area contributed by atoms with E-state index in [1.54, 1.807) is 37.2 Å². The van der Waals surface area contributed by atoms with Crippen molar-refractivity contribution in [2.45, 2.75) is 101 Å². The molecule has 0 spiro atoms. The molecule has 13 rings (SSSR count). The Kier molecular flexibility index (Phi) is 42.0. The van der Waals surface area contributed by atoms with Gasteiger partial charge in [0.1, 0.15) is 43.2 Å². The summed E-state index contributed by atoms with van der Waals surface area (Å²) in [5.74, 6) is 5.07. The number of nitrogen functional groups attached to an aromatic ring is 1. The Bertz CT molecular complexity index is 3520. The zero-order valence-electron chi connectivity index (χ0n) is 51.1. The molecule has 5 aliphatic heterocycles. The molecule has 10 N–H and O–H groups in total. The van der Waals surface area contributed by atoms with Crippen LogP contribution in [-0.2, 0) is 55.7 Å². The fraction of sp³-hybridized carbons (Fsp3) is 0.491. The Labute approximate surface area is 606 Å². The van der Waals surface area contributed by atoms with Gasteiger partial charge < -0.3 is 52.1 Å². The maximum atomic E-state index is 11.8. The van der Waals surface area contributed by atoms with Gasteiger partial charge in [0.05, 0.1) is 24.1 Å². The molecule has 5 fully saturated rings. The van der Waals surface area contributed by atoms with E-state index in [1.165, 1.54) is 31.7 Å². The van der Waals surface area contributed by atoms with E-state index in [4.69, 9.17) is 91.1 Å². The summed E-state index contributed by atoms with van der Waals surface area (Å²) in [6.07, 6.45) is 30.6. The van der Waals surface area contributed by atoms with Gasteiger partial charge >= 0.3 is 36.1 Å². The number of nitrogens with two attached hydrogens (primary N) is 2. The Morgan fingerprint density at radius 3 is 1.41 bits per heavy atom. The molecule has 13 heterocycles. The summed E-state index contributed by atoms with van der Waals surface area (Å²) in [7, 11) is 4.34. The number of aromatic nitrogens is 13. The van der Waals surface area contributed by atoms with E-state index in [2.05, 4.69) is 145 Å². The number of carbonyl (C=O) groups excluding carboxylic acids is 3. The normalized spacial score (nSPS) is 15.6. The van der Waals surface area contributed by atoms with Gasteiger partial charge in [-0.05, 0) is 136 Å². The number of anilines is 1. The number of hydrogen-bond acceptors (Lipinski definition) is 24. The summed E-state index contributed by atoms with van der Waals surface area (Å²) in [4.78, 5) is 69.5. The third-order valence-electron chi connectivity index (χ3n) is 14.0. The van der Waals surface area contributed by atoms with Crippen molar-refractivity contribution in [2.24, 2.45) is 16.0 Å². The molecule has 95 heavy (non-hydrogen) atoms. The molecular weight excluding hydrogens is 1550 g/mol. The van der Waals surface area contributed by atoms with Crippen molar-refractivity contribution in [2.75, 3.05) is 71.8 Å². The van der Waals surface area contributed by atoms with E-state index >= 15 is 0 Å². The van der Waals surface area contributed by atoms with E-state index in [0.717, 1.165) is 147 Å². The second-order valence-electron chi connectivity index (χ2n) is 19.9. The van der Waals surface area contributed by atoms with Crippen LogP contribution in [-0.4, -0.2) is 154 Å². The van der Waals surface area contributed by atoms with Crippen molar-refractivity contribution in [1.82, 2.24) is 74.5 Å². The van der Waals surface area contributed by atoms with Gasteiger partial charge in [-0.1, -0.05) is 46.4 Å².